The predicted octanol–water partition coefficient (Wildman–Crippen LogP) is 4.69. The Bertz CT molecular complexity index is 1210. The predicted molar refractivity (Wildman–Crippen MR) is 121 cm³/mol. The smallest absolute Gasteiger partial charge is 0.263 e. The van der Waals surface area contributed by atoms with Crippen molar-refractivity contribution in [2.75, 3.05) is 11.9 Å². The lowest BCUT2D eigenvalue weighted by atomic mass is 10.0. The first-order chi connectivity index (χ1) is 15.1. The molecule has 4 rings (SSSR count). The van der Waals surface area contributed by atoms with Crippen LogP contribution in [0.1, 0.15) is 12.0 Å². The summed E-state index contributed by atoms with van der Waals surface area (Å²) in [6, 6.07) is 19.8. The number of aromatic nitrogens is 3. The minimum atomic E-state index is -0.351. The van der Waals surface area contributed by atoms with E-state index in [2.05, 4.69) is 22.4 Å². The van der Waals surface area contributed by atoms with Gasteiger partial charge in [0.15, 0.2) is 0 Å². The molecule has 0 bridgehead atoms. The highest BCUT2D eigenvalue weighted by Crippen LogP contribution is 2.28. The first-order valence-electron chi connectivity index (χ1n) is 10.2. The first kappa shape index (κ1) is 20.5. The van der Waals surface area contributed by atoms with Gasteiger partial charge in [0, 0.05) is 31.5 Å². The summed E-state index contributed by atoms with van der Waals surface area (Å²) in [5, 5.41) is 3.30. The van der Waals surface area contributed by atoms with E-state index in [0.29, 0.717) is 29.3 Å². The molecule has 0 amide bonds. The average molecular weight is 414 g/mol. The zero-order chi connectivity index (χ0) is 21.6. The van der Waals surface area contributed by atoms with Crippen molar-refractivity contribution in [3.63, 3.8) is 0 Å². The minimum Gasteiger partial charge on any atom is -0.356 e. The number of halogens is 1. The van der Waals surface area contributed by atoms with E-state index in [1.165, 1.54) is 22.3 Å². The molecule has 0 saturated carbocycles. The molecular weight excluding hydrogens is 391 g/mol. The lowest BCUT2D eigenvalue weighted by Crippen LogP contribution is -2.25. The monoisotopic (exact) mass is 414 g/mol. The first-order valence-corrected chi connectivity index (χ1v) is 10.2. The average Bonchev–Trinajstić information content (AvgIpc) is 2.81. The molecule has 0 fully saturated rings. The van der Waals surface area contributed by atoms with E-state index in [0.717, 1.165) is 18.4 Å². The Hall–Kier alpha value is -3.80. The van der Waals surface area contributed by atoms with Gasteiger partial charge in [-0.2, -0.15) is 0 Å². The molecule has 4 aromatic rings. The van der Waals surface area contributed by atoms with Gasteiger partial charge in [-0.05, 0) is 48.2 Å². The van der Waals surface area contributed by atoms with Crippen LogP contribution < -0.4 is 10.9 Å². The second-order valence-electron chi connectivity index (χ2n) is 7.28. The van der Waals surface area contributed by atoms with Gasteiger partial charge in [-0.3, -0.25) is 14.3 Å². The molecule has 0 aliphatic rings. The van der Waals surface area contributed by atoms with Crippen molar-refractivity contribution in [3.8, 4) is 22.4 Å². The maximum Gasteiger partial charge on any atom is 0.263 e. The van der Waals surface area contributed by atoms with Crippen LogP contribution in [0, 0.1) is 5.82 Å². The largest absolute Gasteiger partial charge is 0.356 e. The molecule has 0 unspecified atom stereocenters. The van der Waals surface area contributed by atoms with Crippen molar-refractivity contribution >= 4 is 5.95 Å². The van der Waals surface area contributed by atoms with Crippen molar-refractivity contribution in [2.24, 2.45) is 7.05 Å². The van der Waals surface area contributed by atoms with Crippen LogP contribution in [0.5, 0.6) is 0 Å². The summed E-state index contributed by atoms with van der Waals surface area (Å²) in [7, 11) is 1.69. The molecule has 0 saturated heterocycles. The molecule has 0 aliphatic carbocycles. The molecule has 0 aliphatic heterocycles. The van der Waals surface area contributed by atoms with Crippen LogP contribution >= 0.6 is 0 Å². The number of benzene rings is 2. The number of hydrogen-bond donors (Lipinski definition) is 1. The molecule has 2 heterocycles. The van der Waals surface area contributed by atoms with Gasteiger partial charge in [-0.15, -0.1) is 0 Å². The zero-order valence-corrected chi connectivity index (χ0v) is 17.3. The number of pyridine rings is 1. The van der Waals surface area contributed by atoms with Gasteiger partial charge in [0.25, 0.3) is 5.56 Å². The summed E-state index contributed by atoms with van der Waals surface area (Å²) in [5.41, 5.74) is 3.46. The third-order valence-corrected chi connectivity index (χ3v) is 5.15. The highest BCUT2D eigenvalue weighted by molar-refractivity contribution is 5.80. The second-order valence-corrected chi connectivity index (χ2v) is 7.28. The zero-order valence-electron chi connectivity index (χ0n) is 17.3. The lowest BCUT2D eigenvalue weighted by Gasteiger charge is -2.16. The maximum atomic E-state index is 13.4. The Balaban J connectivity index is 1.66. The van der Waals surface area contributed by atoms with E-state index < -0.39 is 0 Å². The molecule has 156 valence electrons. The third kappa shape index (κ3) is 4.69. The summed E-state index contributed by atoms with van der Waals surface area (Å²) in [6.07, 6.45) is 5.17. The van der Waals surface area contributed by atoms with E-state index in [1.54, 1.807) is 31.6 Å². The van der Waals surface area contributed by atoms with E-state index in [9.17, 15) is 9.18 Å². The fourth-order valence-corrected chi connectivity index (χ4v) is 3.49. The molecule has 31 heavy (non-hydrogen) atoms. The Labute approximate surface area is 180 Å². The Morgan fingerprint density at radius 2 is 1.65 bits per heavy atom. The van der Waals surface area contributed by atoms with Gasteiger partial charge >= 0.3 is 0 Å². The summed E-state index contributed by atoms with van der Waals surface area (Å²) < 4.78 is 15.0. The lowest BCUT2D eigenvalue weighted by molar-refractivity contribution is 0.628. The van der Waals surface area contributed by atoms with Crippen LogP contribution in [0.4, 0.5) is 10.3 Å². The van der Waals surface area contributed by atoms with Crippen LogP contribution in [-0.2, 0) is 13.5 Å². The molecule has 5 nitrogen and oxygen atoms in total. The number of aryl methyl sites for hydroxylation is 1. The van der Waals surface area contributed by atoms with E-state index in [4.69, 9.17) is 4.98 Å². The van der Waals surface area contributed by atoms with Crippen LogP contribution in [0.15, 0.2) is 83.9 Å². The maximum absolute atomic E-state index is 13.4. The molecule has 0 radical (unpaired) electrons. The van der Waals surface area contributed by atoms with Gasteiger partial charge in [-0.1, -0.05) is 42.5 Å². The van der Waals surface area contributed by atoms with E-state index in [1.807, 2.05) is 30.3 Å². The Morgan fingerprint density at radius 1 is 0.935 bits per heavy atom. The standard InChI is InChI=1S/C25H23FN4O/c1-30-24(31)22(19-9-11-21(26)12-10-19)23(20-13-16-27-17-14-20)29-25(30)28-15-5-8-18-6-3-2-4-7-18/h2-4,6-7,9-14,16-17H,5,8,15H2,1H3,(H,28,29). The van der Waals surface area contributed by atoms with Gasteiger partial charge in [0.1, 0.15) is 5.82 Å². The summed E-state index contributed by atoms with van der Waals surface area (Å²) >= 11 is 0. The van der Waals surface area contributed by atoms with Crippen molar-refractivity contribution in [3.05, 3.63) is 101 Å². The van der Waals surface area contributed by atoms with Crippen LogP contribution in [0.3, 0.4) is 0 Å². The topological polar surface area (TPSA) is 59.8 Å². The molecule has 1 N–H and O–H groups in total. The molecular formula is C25H23FN4O. The number of hydrogen-bond acceptors (Lipinski definition) is 4. The van der Waals surface area contributed by atoms with Crippen molar-refractivity contribution in [1.82, 2.24) is 14.5 Å². The van der Waals surface area contributed by atoms with Crippen LogP contribution in [0.2, 0.25) is 0 Å². The van der Waals surface area contributed by atoms with Crippen molar-refractivity contribution < 1.29 is 4.39 Å². The van der Waals surface area contributed by atoms with Gasteiger partial charge in [0.05, 0.1) is 11.3 Å². The number of nitrogens with zero attached hydrogens (tertiary/aromatic N) is 3. The summed E-state index contributed by atoms with van der Waals surface area (Å²) in [4.78, 5) is 22.1. The van der Waals surface area contributed by atoms with Crippen LogP contribution in [-0.4, -0.2) is 21.1 Å². The molecule has 0 spiro atoms. The normalized spacial score (nSPS) is 10.8. The highest BCUT2D eigenvalue weighted by Gasteiger charge is 2.18. The summed E-state index contributed by atoms with van der Waals surface area (Å²) in [6.45, 7) is 0.681. The van der Waals surface area contributed by atoms with Crippen LogP contribution in [0.25, 0.3) is 22.4 Å². The van der Waals surface area contributed by atoms with E-state index in [-0.39, 0.29) is 11.4 Å². The van der Waals surface area contributed by atoms with Gasteiger partial charge in [-0.25, -0.2) is 9.37 Å². The second kappa shape index (κ2) is 9.34. The molecule has 2 aromatic carbocycles. The fourth-order valence-electron chi connectivity index (χ4n) is 3.49. The molecule has 2 aromatic heterocycles. The summed E-state index contributed by atoms with van der Waals surface area (Å²) in [5.74, 6) is 0.145. The number of anilines is 1. The molecule has 6 heteroatoms. The SMILES string of the molecule is Cn1c(NCCCc2ccccc2)nc(-c2ccncc2)c(-c2ccc(F)cc2)c1=O. The Morgan fingerprint density at radius 3 is 2.35 bits per heavy atom. The third-order valence-electron chi connectivity index (χ3n) is 5.15. The highest BCUT2D eigenvalue weighted by atomic mass is 19.1. The Kier molecular flexibility index (Phi) is 6.17. The number of nitrogens with one attached hydrogen (secondary N) is 1. The fraction of sp³-hybridized carbons (Fsp3) is 0.160. The van der Waals surface area contributed by atoms with Crippen molar-refractivity contribution in [1.29, 1.82) is 0 Å². The number of rotatable bonds is 7. The molecule has 0 atom stereocenters. The quantitative estimate of drug-likeness (QED) is 0.446. The van der Waals surface area contributed by atoms with Gasteiger partial charge < -0.3 is 5.32 Å². The van der Waals surface area contributed by atoms with Gasteiger partial charge in [0.2, 0.25) is 5.95 Å². The van der Waals surface area contributed by atoms with E-state index >= 15 is 0 Å². The van der Waals surface area contributed by atoms with Crippen molar-refractivity contribution in [2.45, 2.75) is 12.8 Å². The minimum absolute atomic E-state index is 0.195.